The Bertz CT molecular complexity index is 429. The van der Waals surface area contributed by atoms with Gasteiger partial charge >= 0.3 is 0 Å². The molecular weight excluding hydrogens is 238 g/mol. The molecule has 1 heterocycles. The highest BCUT2D eigenvalue weighted by molar-refractivity contribution is 5.78. The van der Waals surface area contributed by atoms with Crippen molar-refractivity contribution < 1.29 is 0 Å². The first-order valence-electron chi connectivity index (χ1n) is 7.27. The molecular formula is C14H25N5. The fourth-order valence-electron chi connectivity index (χ4n) is 2.69. The predicted octanol–water partition coefficient (Wildman–Crippen LogP) is 1.72. The SMILES string of the molecule is CCc1nn(C)cc1CN=C(N)NC1CCCCC1. The number of nitrogens with one attached hydrogen (secondary N) is 1. The number of nitrogens with zero attached hydrogens (tertiary/aromatic N) is 3. The molecule has 1 aliphatic carbocycles. The van der Waals surface area contributed by atoms with Gasteiger partial charge in [0.2, 0.25) is 0 Å². The van der Waals surface area contributed by atoms with Gasteiger partial charge in [-0.05, 0) is 19.3 Å². The second-order valence-corrected chi connectivity index (χ2v) is 5.31. The zero-order valence-corrected chi connectivity index (χ0v) is 12.0. The third kappa shape index (κ3) is 3.98. The fraction of sp³-hybridized carbons (Fsp3) is 0.714. The van der Waals surface area contributed by atoms with Gasteiger partial charge in [-0.2, -0.15) is 5.10 Å². The lowest BCUT2D eigenvalue weighted by Crippen LogP contribution is -2.41. The number of aliphatic imine (C=N–C) groups is 1. The van der Waals surface area contributed by atoms with Gasteiger partial charge in [0.25, 0.3) is 0 Å². The van der Waals surface area contributed by atoms with Crippen molar-refractivity contribution in [1.29, 1.82) is 0 Å². The van der Waals surface area contributed by atoms with Crippen LogP contribution in [0.2, 0.25) is 0 Å². The number of hydrogen-bond acceptors (Lipinski definition) is 2. The molecule has 1 saturated carbocycles. The van der Waals surface area contributed by atoms with E-state index in [1.807, 2.05) is 17.9 Å². The van der Waals surface area contributed by atoms with Crippen LogP contribution in [0.25, 0.3) is 0 Å². The molecule has 3 N–H and O–H groups in total. The molecule has 0 spiro atoms. The van der Waals surface area contributed by atoms with Gasteiger partial charge in [-0.1, -0.05) is 26.2 Å². The van der Waals surface area contributed by atoms with Crippen LogP contribution in [0.5, 0.6) is 0 Å². The molecule has 19 heavy (non-hydrogen) atoms. The predicted molar refractivity (Wildman–Crippen MR) is 77.9 cm³/mol. The van der Waals surface area contributed by atoms with Gasteiger partial charge in [-0.3, -0.25) is 4.68 Å². The molecule has 0 unspecified atom stereocenters. The van der Waals surface area contributed by atoms with Crippen molar-refractivity contribution in [2.45, 2.75) is 58.0 Å². The Kier molecular flexibility index (Phi) is 4.82. The van der Waals surface area contributed by atoms with Crippen molar-refractivity contribution in [3.63, 3.8) is 0 Å². The van der Waals surface area contributed by atoms with Crippen LogP contribution >= 0.6 is 0 Å². The average Bonchev–Trinajstić information content (AvgIpc) is 2.78. The van der Waals surface area contributed by atoms with Crippen molar-refractivity contribution in [2.24, 2.45) is 17.8 Å². The van der Waals surface area contributed by atoms with Crippen molar-refractivity contribution >= 4 is 5.96 Å². The highest BCUT2D eigenvalue weighted by atomic mass is 15.3. The summed E-state index contributed by atoms with van der Waals surface area (Å²) in [5.41, 5.74) is 8.24. The minimum atomic E-state index is 0.511. The van der Waals surface area contributed by atoms with Gasteiger partial charge in [0, 0.05) is 24.8 Å². The van der Waals surface area contributed by atoms with Crippen LogP contribution in [0.4, 0.5) is 0 Å². The van der Waals surface area contributed by atoms with E-state index in [1.54, 1.807) is 0 Å². The second kappa shape index (κ2) is 6.59. The quantitative estimate of drug-likeness (QED) is 0.642. The zero-order valence-electron chi connectivity index (χ0n) is 12.0. The van der Waals surface area contributed by atoms with E-state index in [1.165, 1.54) is 37.7 Å². The van der Waals surface area contributed by atoms with Gasteiger partial charge in [-0.25, -0.2) is 4.99 Å². The van der Waals surface area contributed by atoms with Crippen LogP contribution in [0.15, 0.2) is 11.2 Å². The number of aromatic nitrogens is 2. The summed E-state index contributed by atoms with van der Waals surface area (Å²) in [6.07, 6.45) is 9.33. The molecule has 2 rings (SSSR count). The number of hydrogen-bond donors (Lipinski definition) is 2. The van der Waals surface area contributed by atoms with E-state index >= 15 is 0 Å². The lowest BCUT2D eigenvalue weighted by Gasteiger charge is -2.23. The molecule has 1 fully saturated rings. The highest BCUT2D eigenvalue weighted by Gasteiger charge is 2.13. The maximum atomic E-state index is 5.96. The number of rotatable bonds is 4. The van der Waals surface area contributed by atoms with E-state index in [0.29, 0.717) is 18.5 Å². The van der Waals surface area contributed by atoms with Crippen molar-refractivity contribution in [1.82, 2.24) is 15.1 Å². The molecule has 1 aromatic rings. The molecule has 0 aromatic carbocycles. The molecule has 0 atom stereocenters. The first-order chi connectivity index (χ1) is 9.19. The Labute approximate surface area is 115 Å². The normalized spacial score (nSPS) is 17.7. The van der Waals surface area contributed by atoms with Gasteiger partial charge in [0.1, 0.15) is 0 Å². The van der Waals surface area contributed by atoms with Crippen LogP contribution in [0, 0.1) is 0 Å². The highest BCUT2D eigenvalue weighted by Crippen LogP contribution is 2.17. The fourth-order valence-corrected chi connectivity index (χ4v) is 2.69. The third-order valence-corrected chi connectivity index (χ3v) is 3.70. The molecule has 0 bridgehead atoms. The smallest absolute Gasteiger partial charge is 0.189 e. The molecule has 0 radical (unpaired) electrons. The standard InChI is InChI=1S/C14H25N5/c1-3-13-11(10-19(2)18-13)9-16-14(15)17-12-7-5-4-6-8-12/h10,12H,3-9H2,1-2H3,(H3,15,16,17). The van der Waals surface area contributed by atoms with Gasteiger partial charge < -0.3 is 11.1 Å². The van der Waals surface area contributed by atoms with Gasteiger partial charge in [0.15, 0.2) is 5.96 Å². The molecule has 106 valence electrons. The van der Waals surface area contributed by atoms with Gasteiger partial charge in [-0.15, -0.1) is 0 Å². The minimum absolute atomic E-state index is 0.511. The monoisotopic (exact) mass is 263 g/mol. The number of guanidine groups is 1. The maximum absolute atomic E-state index is 5.96. The summed E-state index contributed by atoms with van der Waals surface area (Å²) in [5, 5.41) is 7.74. The minimum Gasteiger partial charge on any atom is -0.370 e. The molecule has 1 aliphatic rings. The van der Waals surface area contributed by atoms with Gasteiger partial charge in [0.05, 0.1) is 12.2 Å². The Balaban J connectivity index is 1.89. The van der Waals surface area contributed by atoms with Crippen molar-refractivity contribution in [3.05, 3.63) is 17.5 Å². The zero-order chi connectivity index (χ0) is 13.7. The van der Waals surface area contributed by atoms with E-state index in [4.69, 9.17) is 5.73 Å². The lowest BCUT2D eigenvalue weighted by atomic mass is 9.96. The van der Waals surface area contributed by atoms with Crippen LogP contribution in [0.3, 0.4) is 0 Å². The largest absolute Gasteiger partial charge is 0.370 e. The number of nitrogens with two attached hydrogens (primary N) is 1. The Morgan fingerprint density at radius 3 is 2.89 bits per heavy atom. The second-order valence-electron chi connectivity index (χ2n) is 5.31. The van der Waals surface area contributed by atoms with Crippen molar-refractivity contribution in [2.75, 3.05) is 0 Å². The lowest BCUT2D eigenvalue weighted by molar-refractivity contribution is 0.412. The third-order valence-electron chi connectivity index (χ3n) is 3.70. The number of aryl methyl sites for hydroxylation is 2. The first kappa shape index (κ1) is 13.9. The molecule has 0 amide bonds. The summed E-state index contributed by atoms with van der Waals surface area (Å²) in [6.45, 7) is 2.72. The molecule has 0 aliphatic heterocycles. The van der Waals surface area contributed by atoms with E-state index in [0.717, 1.165) is 12.1 Å². The summed E-state index contributed by atoms with van der Waals surface area (Å²) in [6, 6.07) is 0.511. The molecule has 0 saturated heterocycles. The molecule has 1 aromatic heterocycles. The maximum Gasteiger partial charge on any atom is 0.189 e. The van der Waals surface area contributed by atoms with Crippen LogP contribution in [-0.2, 0) is 20.0 Å². The van der Waals surface area contributed by atoms with Crippen molar-refractivity contribution in [3.8, 4) is 0 Å². The molecule has 5 nitrogen and oxygen atoms in total. The van der Waals surface area contributed by atoms with E-state index in [-0.39, 0.29) is 0 Å². The summed E-state index contributed by atoms with van der Waals surface area (Å²) in [4.78, 5) is 4.44. The van der Waals surface area contributed by atoms with Crippen LogP contribution in [0.1, 0.15) is 50.3 Å². The topological polar surface area (TPSA) is 68.2 Å². The van der Waals surface area contributed by atoms with E-state index in [2.05, 4.69) is 22.3 Å². The summed E-state index contributed by atoms with van der Waals surface area (Å²) >= 11 is 0. The summed E-state index contributed by atoms with van der Waals surface area (Å²) in [5.74, 6) is 0.567. The van der Waals surface area contributed by atoms with Crippen LogP contribution in [-0.4, -0.2) is 21.8 Å². The molecule has 5 heteroatoms. The Morgan fingerprint density at radius 2 is 2.21 bits per heavy atom. The first-order valence-corrected chi connectivity index (χ1v) is 7.27. The van der Waals surface area contributed by atoms with E-state index in [9.17, 15) is 0 Å². The summed E-state index contributed by atoms with van der Waals surface area (Å²) < 4.78 is 1.84. The summed E-state index contributed by atoms with van der Waals surface area (Å²) in [7, 11) is 1.94. The van der Waals surface area contributed by atoms with Crippen LogP contribution < -0.4 is 11.1 Å². The Morgan fingerprint density at radius 1 is 1.47 bits per heavy atom. The Hall–Kier alpha value is -1.52. The van der Waals surface area contributed by atoms with E-state index < -0.39 is 0 Å². The average molecular weight is 263 g/mol.